The molecule has 0 aromatic carbocycles. The Balaban J connectivity index is 5.04. The maximum atomic E-state index is 11.9. The van der Waals surface area contributed by atoms with E-state index >= 15 is 0 Å². The predicted molar refractivity (Wildman–Crippen MR) is 70.5 cm³/mol. The van der Waals surface area contributed by atoms with Crippen molar-refractivity contribution in [2.24, 2.45) is 0 Å². The van der Waals surface area contributed by atoms with E-state index in [1.54, 1.807) is 4.90 Å². The molecule has 5 heteroatoms. The van der Waals surface area contributed by atoms with Gasteiger partial charge in [0, 0.05) is 12.6 Å². The van der Waals surface area contributed by atoms with E-state index in [4.69, 9.17) is 14.2 Å². The summed E-state index contributed by atoms with van der Waals surface area (Å²) in [6.45, 7) is 12.3. The Morgan fingerprint density at radius 3 is 2.17 bits per heavy atom. The van der Waals surface area contributed by atoms with Gasteiger partial charge < -0.3 is 14.2 Å². The molecule has 1 unspecified atom stereocenters. The Morgan fingerprint density at radius 2 is 1.83 bits per heavy atom. The molecule has 0 aliphatic carbocycles. The summed E-state index contributed by atoms with van der Waals surface area (Å²) in [4.78, 5) is 13.5. The second-order valence-electron chi connectivity index (χ2n) is 4.90. The largest absolute Gasteiger partial charge is 0.453 e. The Bertz CT molecular complexity index is 255. The van der Waals surface area contributed by atoms with E-state index in [2.05, 4.69) is 0 Å². The first-order valence-corrected chi connectivity index (χ1v) is 6.41. The summed E-state index contributed by atoms with van der Waals surface area (Å²) in [6.07, 6.45) is -0.329. The maximum absolute atomic E-state index is 11.9. The highest BCUT2D eigenvalue weighted by molar-refractivity contribution is 5.68. The average Bonchev–Trinajstić information content (AvgIpc) is 2.26. The third-order valence-electron chi connectivity index (χ3n) is 2.54. The van der Waals surface area contributed by atoms with Gasteiger partial charge in [-0.3, -0.25) is 4.90 Å². The number of rotatable bonds is 7. The van der Waals surface area contributed by atoms with Crippen molar-refractivity contribution < 1.29 is 19.0 Å². The summed E-state index contributed by atoms with van der Waals surface area (Å²) >= 11 is 0. The molecule has 0 bridgehead atoms. The van der Waals surface area contributed by atoms with Gasteiger partial charge in [0.05, 0.1) is 19.8 Å². The molecule has 0 fully saturated rings. The number of carbonyl (C=O) groups excluding carboxylic acids is 1. The fraction of sp³-hybridized carbons (Fsp3) is 0.923. The van der Waals surface area contributed by atoms with Crippen LogP contribution >= 0.6 is 0 Å². The van der Waals surface area contributed by atoms with Crippen molar-refractivity contribution in [1.29, 1.82) is 0 Å². The molecule has 0 radical (unpaired) electrons. The van der Waals surface area contributed by atoms with E-state index in [1.807, 2.05) is 41.5 Å². The fourth-order valence-corrected chi connectivity index (χ4v) is 1.86. The highest BCUT2D eigenvalue weighted by atomic mass is 16.6. The quantitative estimate of drug-likeness (QED) is 0.661. The van der Waals surface area contributed by atoms with E-state index in [0.717, 1.165) is 0 Å². The topological polar surface area (TPSA) is 48.0 Å². The second kappa shape index (κ2) is 7.59. The molecule has 0 saturated heterocycles. The molecule has 0 aromatic rings. The minimum absolute atomic E-state index is 0.0373. The van der Waals surface area contributed by atoms with Crippen molar-refractivity contribution in [1.82, 2.24) is 4.90 Å². The molecule has 0 saturated carbocycles. The summed E-state index contributed by atoms with van der Waals surface area (Å²) < 4.78 is 16.2. The molecule has 0 aromatic heterocycles. The minimum atomic E-state index is -0.819. The third-order valence-corrected chi connectivity index (χ3v) is 2.54. The van der Waals surface area contributed by atoms with Gasteiger partial charge in [-0.05, 0) is 41.5 Å². The Kier molecular flexibility index (Phi) is 7.25. The van der Waals surface area contributed by atoms with Crippen molar-refractivity contribution in [2.45, 2.75) is 59.4 Å². The van der Waals surface area contributed by atoms with Gasteiger partial charge in [0.25, 0.3) is 0 Å². The van der Waals surface area contributed by atoms with Crippen LogP contribution in [0.1, 0.15) is 41.5 Å². The van der Waals surface area contributed by atoms with Crippen molar-refractivity contribution in [2.75, 3.05) is 20.3 Å². The molecule has 1 atom stereocenters. The van der Waals surface area contributed by atoms with Crippen LogP contribution in [0.4, 0.5) is 4.79 Å². The summed E-state index contributed by atoms with van der Waals surface area (Å²) in [5, 5.41) is 0. The summed E-state index contributed by atoms with van der Waals surface area (Å²) in [7, 11) is 1.37. The predicted octanol–water partition coefficient (Wildman–Crippen LogP) is 2.64. The zero-order chi connectivity index (χ0) is 14.3. The Labute approximate surface area is 110 Å². The van der Waals surface area contributed by atoms with E-state index in [-0.39, 0.29) is 12.1 Å². The molecular formula is C13H27NO4. The first-order valence-electron chi connectivity index (χ1n) is 6.41. The van der Waals surface area contributed by atoms with Gasteiger partial charge in [-0.25, -0.2) is 4.79 Å². The number of methoxy groups -OCH3 is 1. The molecule has 0 rings (SSSR count). The molecule has 0 N–H and O–H groups in total. The SMILES string of the molecule is CCOC(C)(COC(C)C)N(C(=O)OC)C(C)C. The van der Waals surface area contributed by atoms with Gasteiger partial charge in [-0.1, -0.05) is 0 Å². The zero-order valence-corrected chi connectivity index (χ0v) is 12.6. The van der Waals surface area contributed by atoms with Crippen LogP contribution in [0.3, 0.4) is 0 Å². The lowest BCUT2D eigenvalue weighted by Crippen LogP contribution is -2.57. The molecule has 0 aliphatic rings. The summed E-state index contributed by atoms with van der Waals surface area (Å²) in [6, 6.07) is -0.0373. The molecule has 18 heavy (non-hydrogen) atoms. The number of carbonyl (C=O) groups is 1. The van der Waals surface area contributed by atoms with Crippen LogP contribution in [0.25, 0.3) is 0 Å². The molecule has 0 heterocycles. The highest BCUT2D eigenvalue weighted by Gasteiger charge is 2.39. The van der Waals surface area contributed by atoms with Crippen LogP contribution in [0.5, 0.6) is 0 Å². The Morgan fingerprint density at radius 1 is 1.28 bits per heavy atom. The summed E-state index contributed by atoms with van der Waals surface area (Å²) in [5.74, 6) is 0. The number of amides is 1. The van der Waals surface area contributed by atoms with Crippen LogP contribution < -0.4 is 0 Å². The van der Waals surface area contributed by atoms with E-state index in [0.29, 0.717) is 13.2 Å². The van der Waals surface area contributed by atoms with Gasteiger partial charge in [0.1, 0.15) is 0 Å². The van der Waals surface area contributed by atoms with Crippen molar-refractivity contribution in [3.63, 3.8) is 0 Å². The van der Waals surface area contributed by atoms with Crippen LogP contribution in [-0.2, 0) is 14.2 Å². The fourth-order valence-electron chi connectivity index (χ4n) is 1.86. The third kappa shape index (κ3) is 4.82. The van der Waals surface area contributed by atoms with Crippen LogP contribution in [-0.4, -0.2) is 49.2 Å². The maximum Gasteiger partial charge on any atom is 0.412 e. The molecule has 1 amide bonds. The number of hydrogen-bond donors (Lipinski definition) is 0. The molecule has 0 spiro atoms. The normalized spacial score (nSPS) is 14.7. The number of nitrogens with zero attached hydrogens (tertiary/aromatic N) is 1. The smallest absolute Gasteiger partial charge is 0.412 e. The monoisotopic (exact) mass is 261 g/mol. The van der Waals surface area contributed by atoms with Crippen molar-refractivity contribution in [3.05, 3.63) is 0 Å². The van der Waals surface area contributed by atoms with Gasteiger partial charge in [-0.15, -0.1) is 0 Å². The van der Waals surface area contributed by atoms with E-state index in [1.165, 1.54) is 7.11 Å². The van der Waals surface area contributed by atoms with E-state index < -0.39 is 11.8 Å². The van der Waals surface area contributed by atoms with Crippen molar-refractivity contribution >= 4 is 6.09 Å². The standard InChI is InChI=1S/C13H27NO4/c1-8-18-13(6,9-17-11(4)5)14(10(2)3)12(15)16-7/h10-11H,8-9H2,1-7H3. The van der Waals surface area contributed by atoms with E-state index in [9.17, 15) is 4.79 Å². The van der Waals surface area contributed by atoms with Crippen LogP contribution in [0, 0.1) is 0 Å². The lowest BCUT2D eigenvalue weighted by Gasteiger charge is -2.42. The summed E-state index contributed by atoms with van der Waals surface area (Å²) in [5.41, 5.74) is -0.819. The molecular weight excluding hydrogens is 234 g/mol. The lowest BCUT2D eigenvalue weighted by atomic mass is 10.2. The first-order chi connectivity index (χ1) is 8.28. The number of ether oxygens (including phenoxy) is 3. The first kappa shape index (κ1) is 17.2. The molecule has 0 aliphatic heterocycles. The van der Waals surface area contributed by atoms with Gasteiger partial charge >= 0.3 is 6.09 Å². The van der Waals surface area contributed by atoms with Gasteiger partial charge in [-0.2, -0.15) is 0 Å². The van der Waals surface area contributed by atoms with Gasteiger partial charge in [0.2, 0.25) is 0 Å². The van der Waals surface area contributed by atoms with Gasteiger partial charge in [0.15, 0.2) is 5.72 Å². The highest BCUT2D eigenvalue weighted by Crippen LogP contribution is 2.22. The van der Waals surface area contributed by atoms with Crippen LogP contribution in [0.2, 0.25) is 0 Å². The Hall–Kier alpha value is -0.810. The lowest BCUT2D eigenvalue weighted by molar-refractivity contribution is -0.179. The minimum Gasteiger partial charge on any atom is -0.453 e. The van der Waals surface area contributed by atoms with Crippen molar-refractivity contribution in [3.8, 4) is 0 Å². The zero-order valence-electron chi connectivity index (χ0n) is 12.6. The van der Waals surface area contributed by atoms with Crippen LogP contribution in [0.15, 0.2) is 0 Å². The molecule has 108 valence electrons. The average molecular weight is 261 g/mol. The molecule has 5 nitrogen and oxygen atoms in total. The second-order valence-corrected chi connectivity index (χ2v) is 4.90. The number of hydrogen-bond acceptors (Lipinski definition) is 4.